The molecule has 2 saturated heterocycles. The van der Waals surface area contributed by atoms with E-state index in [1.54, 1.807) is 6.07 Å². The molecule has 1 atom stereocenters. The molecular formula is C19H28F3N3. The van der Waals surface area contributed by atoms with Crippen LogP contribution in [0.15, 0.2) is 24.3 Å². The molecule has 6 heteroatoms. The molecule has 140 valence electrons. The molecule has 2 heterocycles. The number of piperazine rings is 1. The van der Waals surface area contributed by atoms with Crippen molar-refractivity contribution in [1.29, 1.82) is 0 Å². The van der Waals surface area contributed by atoms with Crippen molar-refractivity contribution in [2.45, 2.75) is 38.4 Å². The number of anilines is 1. The van der Waals surface area contributed by atoms with Gasteiger partial charge in [-0.05, 0) is 50.6 Å². The Balaban J connectivity index is 1.57. The van der Waals surface area contributed by atoms with Crippen molar-refractivity contribution in [2.75, 3.05) is 50.7 Å². The van der Waals surface area contributed by atoms with Crippen LogP contribution >= 0.6 is 0 Å². The summed E-state index contributed by atoms with van der Waals surface area (Å²) >= 11 is 0. The van der Waals surface area contributed by atoms with Crippen LogP contribution in [0.3, 0.4) is 0 Å². The van der Waals surface area contributed by atoms with Crippen molar-refractivity contribution in [3.05, 3.63) is 29.8 Å². The molecule has 3 nitrogen and oxygen atoms in total. The summed E-state index contributed by atoms with van der Waals surface area (Å²) in [7, 11) is 0. The van der Waals surface area contributed by atoms with Gasteiger partial charge in [0.05, 0.1) is 5.56 Å². The second kappa shape index (κ2) is 7.96. The minimum absolute atomic E-state index is 0.560. The van der Waals surface area contributed by atoms with Gasteiger partial charge in [0.1, 0.15) is 0 Å². The van der Waals surface area contributed by atoms with Gasteiger partial charge in [-0.1, -0.05) is 13.0 Å². The average molecular weight is 355 g/mol. The molecule has 1 aromatic rings. The Hall–Kier alpha value is -1.27. The molecule has 0 saturated carbocycles. The molecule has 2 aliphatic heterocycles. The second-order valence-corrected chi connectivity index (χ2v) is 7.17. The zero-order chi connectivity index (χ0) is 17.9. The van der Waals surface area contributed by atoms with E-state index >= 15 is 0 Å². The molecular weight excluding hydrogens is 327 g/mol. The monoisotopic (exact) mass is 355 g/mol. The first-order valence-corrected chi connectivity index (χ1v) is 9.36. The maximum absolute atomic E-state index is 12.9. The zero-order valence-corrected chi connectivity index (χ0v) is 14.9. The molecule has 0 aromatic heterocycles. The van der Waals surface area contributed by atoms with Crippen molar-refractivity contribution in [1.82, 2.24) is 9.80 Å². The molecule has 2 aliphatic rings. The van der Waals surface area contributed by atoms with Gasteiger partial charge in [-0.15, -0.1) is 0 Å². The Labute approximate surface area is 148 Å². The van der Waals surface area contributed by atoms with E-state index in [2.05, 4.69) is 21.6 Å². The van der Waals surface area contributed by atoms with E-state index in [4.69, 9.17) is 0 Å². The topological polar surface area (TPSA) is 9.72 Å². The summed E-state index contributed by atoms with van der Waals surface area (Å²) in [4.78, 5) is 7.16. The highest BCUT2D eigenvalue weighted by atomic mass is 19.4. The number of likely N-dealkylation sites (tertiary alicyclic amines) is 1. The molecule has 3 rings (SSSR count). The van der Waals surface area contributed by atoms with Crippen molar-refractivity contribution in [2.24, 2.45) is 0 Å². The lowest BCUT2D eigenvalue weighted by Gasteiger charge is -2.44. The minimum Gasteiger partial charge on any atom is -0.369 e. The summed E-state index contributed by atoms with van der Waals surface area (Å²) in [5.74, 6) is 0. The molecule has 0 spiro atoms. The molecule has 0 N–H and O–H groups in total. The fourth-order valence-electron chi connectivity index (χ4n) is 4.07. The first kappa shape index (κ1) is 18.5. The van der Waals surface area contributed by atoms with Gasteiger partial charge >= 0.3 is 6.18 Å². The van der Waals surface area contributed by atoms with E-state index in [1.807, 2.05) is 0 Å². The Morgan fingerprint density at radius 1 is 1.08 bits per heavy atom. The van der Waals surface area contributed by atoms with Gasteiger partial charge in [0.15, 0.2) is 0 Å². The summed E-state index contributed by atoms with van der Waals surface area (Å²) < 4.78 is 38.7. The van der Waals surface area contributed by atoms with E-state index in [-0.39, 0.29) is 0 Å². The maximum atomic E-state index is 12.9. The smallest absolute Gasteiger partial charge is 0.369 e. The fraction of sp³-hybridized carbons (Fsp3) is 0.684. The van der Waals surface area contributed by atoms with Gasteiger partial charge in [0, 0.05) is 44.5 Å². The molecule has 0 radical (unpaired) electrons. The largest absolute Gasteiger partial charge is 0.416 e. The van der Waals surface area contributed by atoms with Crippen molar-refractivity contribution in [3.63, 3.8) is 0 Å². The number of hydrogen-bond donors (Lipinski definition) is 0. The highest BCUT2D eigenvalue weighted by Crippen LogP contribution is 2.32. The number of benzene rings is 1. The van der Waals surface area contributed by atoms with Crippen molar-refractivity contribution in [3.8, 4) is 0 Å². The van der Waals surface area contributed by atoms with Crippen molar-refractivity contribution >= 4 is 5.69 Å². The fourth-order valence-corrected chi connectivity index (χ4v) is 4.07. The van der Waals surface area contributed by atoms with E-state index in [0.29, 0.717) is 11.7 Å². The molecule has 2 fully saturated rings. The third-order valence-electron chi connectivity index (χ3n) is 5.39. The maximum Gasteiger partial charge on any atom is 0.416 e. The van der Waals surface area contributed by atoms with E-state index in [1.165, 1.54) is 44.5 Å². The van der Waals surface area contributed by atoms with E-state index in [9.17, 15) is 13.2 Å². The number of nitrogens with zero attached hydrogens (tertiary/aromatic N) is 3. The molecule has 1 aromatic carbocycles. The van der Waals surface area contributed by atoms with Crippen LogP contribution in [0, 0.1) is 0 Å². The summed E-state index contributed by atoms with van der Waals surface area (Å²) in [6, 6.07) is 6.32. The predicted octanol–water partition coefficient (Wildman–Crippen LogP) is 3.70. The number of alkyl halides is 3. The first-order chi connectivity index (χ1) is 12.0. The van der Waals surface area contributed by atoms with Crippen molar-refractivity contribution < 1.29 is 13.2 Å². The number of halogens is 3. The standard InChI is InChI=1S/C19H28F3N3/c1-2-8-23-9-4-7-18(15-23)25-12-10-24(11-13-25)17-6-3-5-16(14-17)19(20,21)22/h3,5-6,14,18H,2,4,7-13,15H2,1H3/t18-/m0/s1. The minimum atomic E-state index is -4.28. The normalized spacial score (nSPS) is 23.8. The van der Waals surface area contributed by atoms with Crippen LogP contribution in [0.25, 0.3) is 0 Å². The molecule has 0 amide bonds. The summed E-state index contributed by atoms with van der Waals surface area (Å²) in [5.41, 5.74) is 0.126. The second-order valence-electron chi connectivity index (χ2n) is 7.17. The van der Waals surface area contributed by atoms with Crippen LogP contribution in [0.5, 0.6) is 0 Å². The Morgan fingerprint density at radius 2 is 1.84 bits per heavy atom. The third kappa shape index (κ3) is 4.67. The van der Waals surface area contributed by atoms with E-state index in [0.717, 1.165) is 38.8 Å². The van der Waals surface area contributed by atoms with E-state index < -0.39 is 11.7 Å². The van der Waals surface area contributed by atoms with Gasteiger partial charge in [-0.3, -0.25) is 4.90 Å². The molecule has 0 unspecified atom stereocenters. The Morgan fingerprint density at radius 3 is 2.52 bits per heavy atom. The lowest BCUT2D eigenvalue weighted by atomic mass is 10.0. The molecule has 25 heavy (non-hydrogen) atoms. The SMILES string of the molecule is CCCN1CCC[C@H](N2CCN(c3cccc(C(F)(F)F)c3)CC2)C1. The predicted molar refractivity (Wildman–Crippen MR) is 95.0 cm³/mol. The summed E-state index contributed by atoms with van der Waals surface area (Å²) in [5, 5.41) is 0. The van der Waals surface area contributed by atoms with Crippen LogP contribution in [0.4, 0.5) is 18.9 Å². The number of hydrogen-bond acceptors (Lipinski definition) is 3. The zero-order valence-electron chi connectivity index (χ0n) is 14.9. The van der Waals surface area contributed by atoms with Gasteiger partial charge in [0.2, 0.25) is 0 Å². The summed E-state index contributed by atoms with van der Waals surface area (Å²) in [6.07, 6.45) is -0.596. The van der Waals surface area contributed by atoms with Crippen LogP contribution in [0.2, 0.25) is 0 Å². The lowest BCUT2D eigenvalue weighted by Crippen LogP contribution is -2.55. The first-order valence-electron chi connectivity index (χ1n) is 9.36. The van der Waals surface area contributed by atoms with Gasteiger partial charge in [-0.25, -0.2) is 0 Å². The number of piperidine rings is 1. The third-order valence-corrected chi connectivity index (χ3v) is 5.39. The lowest BCUT2D eigenvalue weighted by molar-refractivity contribution is -0.137. The Bertz CT molecular complexity index is 551. The number of rotatable bonds is 4. The summed E-state index contributed by atoms with van der Waals surface area (Å²) in [6.45, 7) is 9.18. The van der Waals surface area contributed by atoms with Crippen LogP contribution in [0.1, 0.15) is 31.7 Å². The highest BCUT2D eigenvalue weighted by molar-refractivity contribution is 5.49. The molecule has 0 aliphatic carbocycles. The average Bonchev–Trinajstić information content (AvgIpc) is 2.62. The quantitative estimate of drug-likeness (QED) is 0.815. The highest BCUT2D eigenvalue weighted by Gasteiger charge is 2.32. The molecule has 0 bridgehead atoms. The van der Waals surface area contributed by atoms with Crippen LogP contribution in [-0.4, -0.2) is 61.7 Å². The Kier molecular flexibility index (Phi) is 5.89. The van der Waals surface area contributed by atoms with Gasteiger partial charge in [0.25, 0.3) is 0 Å². The van der Waals surface area contributed by atoms with Gasteiger partial charge < -0.3 is 9.80 Å². The van der Waals surface area contributed by atoms with Crippen LogP contribution in [-0.2, 0) is 6.18 Å². The van der Waals surface area contributed by atoms with Crippen LogP contribution < -0.4 is 4.90 Å². The van der Waals surface area contributed by atoms with Gasteiger partial charge in [-0.2, -0.15) is 13.2 Å².